The number of aliphatic hydroxyl groups excluding tert-OH is 1. The molecule has 392 valence electrons. The number of aromatic nitrogens is 2. The van der Waals surface area contributed by atoms with Gasteiger partial charge in [0.05, 0.1) is 62.6 Å². The Bertz CT molecular complexity index is 3330. The summed E-state index contributed by atoms with van der Waals surface area (Å²) in [5, 5.41) is 28.0. The molecule has 4 N–H and O–H groups in total. The molecule has 2 saturated heterocycles. The lowest BCUT2D eigenvalue weighted by atomic mass is 9.85. The molecule has 5 amide bonds. The quantitative estimate of drug-likeness (QED) is 0.0857. The summed E-state index contributed by atoms with van der Waals surface area (Å²) in [6, 6.07) is 21.2. The molecule has 2 fully saturated rings. The van der Waals surface area contributed by atoms with Crippen LogP contribution in [0.25, 0.3) is 21.7 Å². The van der Waals surface area contributed by atoms with Crippen molar-refractivity contribution in [3.8, 4) is 27.8 Å². The molecule has 8 rings (SSSR count). The van der Waals surface area contributed by atoms with Crippen molar-refractivity contribution in [3.63, 3.8) is 0 Å². The van der Waals surface area contributed by atoms with E-state index in [-0.39, 0.29) is 36.6 Å². The van der Waals surface area contributed by atoms with Crippen LogP contribution in [0.2, 0.25) is 0 Å². The van der Waals surface area contributed by atoms with Gasteiger partial charge in [0.25, 0.3) is 17.7 Å². The Kier molecular flexibility index (Phi) is 14.7. The lowest BCUT2D eigenvalue weighted by Crippen LogP contribution is -2.57. The highest BCUT2D eigenvalue weighted by atomic mass is 32.1. The zero-order chi connectivity index (χ0) is 55.2. The molecule has 0 radical (unpaired) electrons. The van der Waals surface area contributed by atoms with Crippen LogP contribution in [0, 0.1) is 35.3 Å². The Morgan fingerprint density at radius 2 is 1.62 bits per heavy atom. The van der Waals surface area contributed by atoms with Crippen LogP contribution in [0.4, 0.5) is 39.0 Å². The molecule has 0 unspecified atom stereocenters. The van der Waals surface area contributed by atoms with Gasteiger partial charge in [-0.3, -0.25) is 33.9 Å². The predicted molar refractivity (Wildman–Crippen MR) is 274 cm³/mol. The van der Waals surface area contributed by atoms with E-state index in [1.165, 1.54) is 65.4 Å². The third-order valence-electron chi connectivity index (χ3n) is 13.2. The van der Waals surface area contributed by atoms with E-state index in [0.29, 0.717) is 16.9 Å². The molecule has 2 aliphatic heterocycles. The van der Waals surface area contributed by atoms with Crippen molar-refractivity contribution in [1.29, 1.82) is 5.26 Å². The molecule has 0 spiro atoms. The second-order valence-electron chi connectivity index (χ2n) is 19.9. The standard InChI is InChI=1S/C55H50F5N9O6S/c1-29-46(76-28-64-29)33-10-8-31(9-11-33)25-63-50(73)43-23-38(70)27-67(43)51(74)47(53(3,4)5)66-48(71)34-14-19-39(40(56)22-34)49(72)65-36-16-12-32(13-17-36)41-20-18-37(26-62-41)69-30(2)68(52(75)54(69,6)7)42-21-15-35(24-61)44(45(42)57)55(58,59)60/h8-22,26,28,38,43,47,70H,2,23,25,27H2,1,3-7H3,(H,63,73)(H,65,72)(H,66,71)/t38-,43+,47-/m1/s1. The molecular formula is C55H50F5N9O6S. The molecule has 21 heteroatoms. The van der Waals surface area contributed by atoms with Crippen molar-refractivity contribution in [3.05, 3.63) is 160 Å². The van der Waals surface area contributed by atoms with Gasteiger partial charge in [0, 0.05) is 36.3 Å². The fraction of sp³-hybridized carbons (Fsp3) is 0.273. The van der Waals surface area contributed by atoms with E-state index in [0.717, 1.165) is 50.9 Å². The number of benzene rings is 4. The summed E-state index contributed by atoms with van der Waals surface area (Å²) in [6.45, 7) is 13.9. The molecule has 0 bridgehead atoms. The summed E-state index contributed by atoms with van der Waals surface area (Å²) in [5.74, 6) is -6.52. The average Bonchev–Trinajstić information content (AvgIpc) is 4.06. The van der Waals surface area contributed by atoms with Crippen molar-refractivity contribution in [2.45, 2.75) is 84.4 Å². The maximum atomic E-state index is 15.7. The minimum atomic E-state index is -5.22. The van der Waals surface area contributed by atoms with E-state index >= 15 is 8.78 Å². The fourth-order valence-corrected chi connectivity index (χ4v) is 10.00. The molecule has 3 atom stereocenters. The number of alkyl halides is 3. The second-order valence-corrected chi connectivity index (χ2v) is 20.7. The highest BCUT2D eigenvalue weighted by Gasteiger charge is 2.51. The molecule has 0 saturated carbocycles. The van der Waals surface area contributed by atoms with Crippen LogP contribution in [-0.4, -0.2) is 79.8 Å². The van der Waals surface area contributed by atoms with Crippen LogP contribution in [0.15, 0.2) is 115 Å². The summed E-state index contributed by atoms with van der Waals surface area (Å²) >= 11 is 1.53. The topological polar surface area (TPSA) is 201 Å². The molecule has 76 heavy (non-hydrogen) atoms. The lowest BCUT2D eigenvalue weighted by Gasteiger charge is -2.35. The van der Waals surface area contributed by atoms with E-state index in [9.17, 15) is 47.5 Å². The Morgan fingerprint density at radius 1 is 0.934 bits per heavy atom. The zero-order valence-electron chi connectivity index (χ0n) is 41.8. The van der Waals surface area contributed by atoms with E-state index < -0.39 is 98.9 Å². The van der Waals surface area contributed by atoms with Crippen LogP contribution in [0.1, 0.15) is 84.1 Å². The Labute approximate surface area is 437 Å². The number of hydrogen-bond donors (Lipinski definition) is 4. The fourth-order valence-electron chi connectivity index (χ4n) is 9.18. The first-order valence-electron chi connectivity index (χ1n) is 23.7. The van der Waals surface area contributed by atoms with Crippen molar-refractivity contribution in [2.24, 2.45) is 5.41 Å². The number of nitrogens with one attached hydrogen (secondary N) is 3. The van der Waals surface area contributed by atoms with Crippen molar-refractivity contribution in [2.75, 3.05) is 21.7 Å². The van der Waals surface area contributed by atoms with Gasteiger partial charge in [0.2, 0.25) is 11.8 Å². The maximum absolute atomic E-state index is 15.7. The minimum Gasteiger partial charge on any atom is -0.391 e. The van der Waals surface area contributed by atoms with E-state index in [1.807, 2.05) is 31.2 Å². The maximum Gasteiger partial charge on any atom is 0.420 e. The number of aryl methyl sites for hydroxylation is 1. The molecule has 15 nitrogen and oxygen atoms in total. The van der Waals surface area contributed by atoms with Crippen LogP contribution in [0.5, 0.6) is 0 Å². The minimum absolute atomic E-state index is 0.0180. The zero-order valence-corrected chi connectivity index (χ0v) is 42.7. The molecule has 2 aliphatic rings. The summed E-state index contributed by atoms with van der Waals surface area (Å²) in [5.41, 5.74) is -0.369. The number of amides is 5. The summed E-state index contributed by atoms with van der Waals surface area (Å²) in [6.07, 6.45) is -4.85. The number of thiazole rings is 1. The first kappa shape index (κ1) is 53.9. The number of rotatable bonds is 12. The summed E-state index contributed by atoms with van der Waals surface area (Å²) < 4.78 is 72.6. The number of β-amino-alcohol motifs (C(OH)–C–C–N with tert-alkyl or cyclic N) is 1. The monoisotopic (exact) mass is 1060 g/mol. The highest BCUT2D eigenvalue weighted by Crippen LogP contribution is 2.44. The number of carbonyl (C=O) groups excluding carboxylic acids is 5. The number of anilines is 3. The Balaban J connectivity index is 0.889. The van der Waals surface area contributed by atoms with Gasteiger partial charge >= 0.3 is 6.18 Å². The predicted octanol–water partition coefficient (Wildman–Crippen LogP) is 9.13. The molecule has 4 heterocycles. The molecule has 4 aromatic carbocycles. The lowest BCUT2D eigenvalue weighted by molar-refractivity contribution is -0.142. The number of aliphatic hydroxyl groups is 1. The van der Waals surface area contributed by atoms with E-state index in [1.54, 1.807) is 50.5 Å². The molecular weight excluding hydrogens is 1010 g/mol. The van der Waals surface area contributed by atoms with Gasteiger partial charge in [0.1, 0.15) is 34.8 Å². The van der Waals surface area contributed by atoms with Crippen molar-refractivity contribution in [1.82, 2.24) is 25.5 Å². The van der Waals surface area contributed by atoms with E-state index in [2.05, 4.69) is 32.5 Å². The number of carbonyl (C=O) groups is 5. The first-order chi connectivity index (χ1) is 35.8. The number of nitriles is 1. The first-order valence-corrected chi connectivity index (χ1v) is 24.6. The average molecular weight is 1060 g/mol. The third kappa shape index (κ3) is 10.6. The number of hydrogen-bond acceptors (Lipinski definition) is 11. The third-order valence-corrected chi connectivity index (χ3v) is 14.1. The summed E-state index contributed by atoms with van der Waals surface area (Å²) in [7, 11) is 0. The summed E-state index contributed by atoms with van der Waals surface area (Å²) in [4.78, 5) is 81.6. The van der Waals surface area contributed by atoms with Crippen LogP contribution in [0.3, 0.4) is 0 Å². The van der Waals surface area contributed by atoms with Crippen molar-refractivity contribution >= 4 is 57.9 Å². The molecule has 0 aliphatic carbocycles. The van der Waals surface area contributed by atoms with Crippen LogP contribution < -0.4 is 25.8 Å². The molecule has 2 aromatic heterocycles. The van der Waals surface area contributed by atoms with Crippen LogP contribution >= 0.6 is 11.3 Å². The second kappa shape index (κ2) is 20.8. The largest absolute Gasteiger partial charge is 0.420 e. The van der Waals surface area contributed by atoms with Gasteiger partial charge in [-0.1, -0.05) is 63.7 Å². The Morgan fingerprint density at radius 3 is 2.21 bits per heavy atom. The highest BCUT2D eigenvalue weighted by molar-refractivity contribution is 7.13. The van der Waals surface area contributed by atoms with Gasteiger partial charge in [-0.05, 0) is 91.9 Å². The number of nitrogens with zero attached hydrogens (tertiary/aromatic N) is 6. The number of pyridine rings is 1. The normalized spacial score (nSPS) is 16.9. The molecule has 6 aromatic rings. The smallest absolute Gasteiger partial charge is 0.391 e. The van der Waals surface area contributed by atoms with E-state index in [4.69, 9.17) is 0 Å². The van der Waals surface area contributed by atoms with Gasteiger partial charge in [-0.2, -0.15) is 18.4 Å². The van der Waals surface area contributed by atoms with Gasteiger partial charge in [-0.15, -0.1) is 11.3 Å². The van der Waals surface area contributed by atoms with Gasteiger partial charge in [-0.25, -0.2) is 13.8 Å². The number of halogens is 5. The van der Waals surface area contributed by atoms with Crippen molar-refractivity contribution < 1.29 is 51.0 Å². The van der Waals surface area contributed by atoms with Gasteiger partial charge < -0.3 is 30.9 Å². The van der Waals surface area contributed by atoms with Crippen LogP contribution in [-0.2, 0) is 27.1 Å². The SMILES string of the molecule is C=C1N(c2ccc(C#N)c(C(F)(F)F)c2F)C(=O)C(C)(C)N1c1ccc(-c2ccc(NC(=O)c3ccc(C(=O)N[C@H](C(=O)N4C[C@H](O)C[C@H]4C(=O)NCc4ccc(-c5scnc5C)cc4)C(C)(C)C)cc3F)cc2)nc1. The van der Waals surface area contributed by atoms with Gasteiger partial charge in [0.15, 0.2) is 5.82 Å². The number of likely N-dealkylation sites (tertiary alicyclic amines) is 1. The Hall–Kier alpha value is -8.35.